The summed E-state index contributed by atoms with van der Waals surface area (Å²) in [4.78, 5) is 0. The molecule has 0 aliphatic rings. The SMILES string of the molecule is C=CCOCC(COCCOS(C)(=O)=O)OCCOS(C)(=O)=O. The lowest BCUT2D eigenvalue weighted by atomic mass is 10.4. The topological polar surface area (TPSA) is 114 Å². The van der Waals surface area contributed by atoms with Crippen molar-refractivity contribution in [1.29, 1.82) is 0 Å². The predicted molar refractivity (Wildman–Crippen MR) is 83.2 cm³/mol. The fourth-order valence-corrected chi connectivity index (χ4v) is 2.03. The molecule has 0 fully saturated rings. The Morgan fingerprint density at radius 2 is 1.39 bits per heavy atom. The van der Waals surface area contributed by atoms with Gasteiger partial charge in [-0.3, -0.25) is 8.37 Å². The molecule has 0 aliphatic heterocycles. The number of hydrogen-bond acceptors (Lipinski definition) is 9. The van der Waals surface area contributed by atoms with E-state index in [2.05, 4.69) is 14.9 Å². The molecular formula is C12H24O9S2. The van der Waals surface area contributed by atoms with Gasteiger partial charge in [-0.05, 0) is 0 Å². The average molecular weight is 376 g/mol. The molecule has 0 aliphatic carbocycles. The molecule has 0 bridgehead atoms. The first-order valence-corrected chi connectivity index (χ1v) is 10.3. The molecule has 0 heterocycles. The minimum Gasteiger partial charge on any atom is -0.376 e. The summed E-state index contributed by atoms with van der Waals surface area (Å²) in [7, 11) is -7.00. The van der Waals surface area contributed by atoms with Crippen molar-refractivity contribution in [3.05, 3.63) is 12.7 Å². The van der Waals surface area contributed by atoms with Crippen molar-refractivity contribution in [1.82, 2.24) is 0 Å². The fourth-order valence-electron chi connectivity index (χ4n) is 1.29. The van der Waals surface area contributed by atoms with Crippen LogP contribution in [-0.4, -0.2) is 81.7 Å². The van der Waals surface area contributed by atoms with Crippen LogP contribution >= 0.6 is 0 Å². The third kappa shape index (κ3) is 17.6. The summed E-state index contributed by atoms with van der Waals surface area (Å²) < 4.78 is 68.1. The zero-order chi connectivity index (χ0) is 17.8. The van der Waals surface area contributed by atoms with E-state index in [0.717, 1.165) is 12.5 Å². The third-order valence-corrected chi connectivity index (χ3v) is 3.29. The van der Waals surface area contributed by atoms with Gasteiger partial charge in [0.05, 0.1) is 58.8 Å². The van der Waals surface area contributed by atoms with Crippen molar-refractivity contribution < 1.29 is 39.4 Å². The van der Waals surface area contributed by atoms with E-state index in [1.807, 2.05) is 0 Å². The summed E-state index contributed by atoms with van der Waals surface area (Å²) in [6.07, 6.45) is 3.01. The van der Waals surface area contributed by atoms with Crippen LogP contribution in [0.4, 0.5) is 0 Å². The Hall–Kier alpha value is -0.560. The fraction of sp³-hybridized carbons (Fsp3) is 0.833. The van der Waals surface area contributed by atoms with Crippen molar-refractivity contribution in [2.75, 3.05) is 58.8 Å². The van der Waals surface area contributed by atoms with Crippen molar-refractivity contribution in [2.24, 2.45) is 0 Å². The number of rotatable bonds is 15. The second-order valence-corrected chi connectivity index (χ2v) is 7.73. The van der Waals surface area contributed by atoms with E-state index in [1.54, 1.807) is 6.08 Å². The summed E-state index contributed by atoms with van der Waals surface area (Å²) in [5.74, 6) is 0. The lowest BCUT2D eigenvalue weighted by Crippen LogP contribution is -2.28. The summed E-state index contributed by atoms with van der Waals surface area (Å²) in [6.45, 7) is 4.06. The molecule has 0 aromatic rings. The van der Waals surface area contributed by atoms with Gasteiger partial charge in [0.2, 0.25) is 0 Å². The van der Waals surface area contributed by atoms with Gasteiger partial charge in [0.15, 0.2) is 0 Å². The molecule has 11 heteroatoms. The monoisotopic (exact) mass is 376 g/mol. The molecule has 1 atom stereocenters. The maximum absolute atomic E-state index is 10.8. The molecule has 23 heavy (non-hydrogen) atoms. The first-order chi connectivity index (χ1) is 10.6. The summed E-state index contributed by atoms with van der Waals surface area (Å²) >= 11 is 0. The molecule has 0 spiro atoms. The van der Waals surface area contributed by atoms with E-state index in [1.165, 1.54) is 0 Å². The molecule has 138 valence electrons. The lowest BCUT2D eigenvalue weighted by Gasteiger charge is -2.17. The highest BCUT2D eigenvalue weighted by atomic mass is 32.2. The van der Waals surface area contributed by atoms with E-state index < -0.39 is 26.3 Å². The summed E-state index contributed by atoms with van der Waals surface area (Å²) in [5.41, 5.74) is 0. The molecule has 0 rings (SSSR count). The Kier molecular flexibility index (Phi) is 11.6. The van der Waals surface area contributed by atoms with Gasteiger partial charge in [0, 0.05) is 0 Å². The molecular weight excluding hydrogens is 352 g/mol. The highest BCUT2D eigenvalue weighted by Crippen LogP contribution is 1.98. The quantitative estimate of drug-likeness (QED) is 0.213. The summed E-state index contributed by atoms with van der Waals surface area (Å²) in [6, 6.07) is 0. The van der Waals surface area contributed by atoms with Crippen LogP contribution in [0.25, 0.3) is 0 Å². The zero-order valence-corrected chi connectivity index (χ0v) is 14.9. The van der Waals surface area contributed by atoms with Gasteiger partial charge < -0.3 is 14.2 Å². The van der Waals surface area contributed by atoms with E-state index in [-0.39, 0.29) is 39.6 Å². The first kappa shape index (κ1) is 22.4. The van der Waals surface area contributed by atoms with Crippen LogP contribution < -0.4 is 0 Å². The molecule has 0 radical (unpaired) electrons. The molecule has 0 amide bonds. The second-order valence-electron chi connectivity index (χ2n) is 4.45. The Balaban J connectivity index is 4.01. The maximum atomic E-state index is 10.8. The zero-order valence-electron chi connectivity index (χ0n) is 13.3. The van der Waals surface area contributed by atoms with Crippen LogP contribution in [0.2, 0.25) is 0 Å². The van der Waals surface area contributed by atoms with Gasteiger partial charge in [-0.15, -0.1) is 6.58 Å². The third-order valence-electron chi connectivity index (χ3n) is 2.10. The lowest BCUT2D eigenvalue weighted by molar-refractivity contribution is -0.0639. The van der Waals surface area contributed by atoms with E-state index >= 15 is 0 Å². The number of hydrogen-bond donors (Lipinski definition) is 0. The minimum absolute atomic E-state index is 0.0401. The van der Waals surface area contributed by atoms with Crippen LogP contribution in [0.5, 0.6) is 0 Å². The Morgan fingerprint density at radius 1 is 0.870 bits per heavy atom. The van der Waals surface area contributed by atoms with Gasteiger partial charge in [-0.25, -0.2) is 0 Å². The molecule has 0 aromatic heterocycles. The average Bonchev–Trinajstić information content (AvgIpc) is 2.40. The highest BCUT2D eigenvalue weighted by molar-refractivity contribution is 7.86. The van der Waals surface area contributed by atoms with Crippen LogP contribution in [-0.2, 0) is 42.8 Å². The highest BCUT2D eigenvalue weighted by Gasteiger charge is 2.11. The van der Waals surface area contributed by atoms with E-state index in [0.29, 0.717) is 6.61 Å². The van der Waals surface area contributed by atoms with Crippen LogP contribution in [0.15, 0.2) is 12.7 Å². The van der Waals surface area contributed by atoms with E-state index in [9.17, 15) is 16.8 Å². The maximum Gasteiger partial charge on any atom is 0.264 e. The normalized spacial score (nSPS) is 13.8. The molecule has 9 nitrogen and oxygen atoms in total. The second kappa shape index (κ2) is 11.9. The van der Waals surface area contributed by atoms with Gasteiger partial charge in [-0.1, -0.05) is 6.08 Å². The van der Waals surface area contributed by atoms with Gasteiger partial charge in [0.25, 0.3) is 20.2 Å². The predicted octanol–water partition coefficient (Wildman–Crippen LogP) is -0.457. The minimum atomic E-state index is -3.51. The molecule has 0 aromatic carbocycles. The smallest absolute Gasteiger partial charge is 0.264 e. The van der Waals surface area contributed by atoms with Gasteiger partial charge in [0.1, 0.15) is 6.10 Å². The van der Waals surface area contributed by atoms with Crippen LogP contribution in [0.3, 0.4) is 0 Å². The Labute approximate surface area is 137 Å². The van der Waals surface area contributed by atoms with Crippen LogP contribution in [0.1, 0.15) is 0 Å². The Bertz CT molecular complexity index is 513. The Morgan fingerprint density at radius 3 is 1.91 bits per heavy atom. The van der Waals surface area contributed by atoms with Gasteiger partial charge in [-0.2, -0.15) is 16.8 Å². The molecule has 0 saturated carbocycles. The molecule has 0 N–H and O–H groups in total. The molecule has 1 unspecified atom stereocenters. The number of ether oxygens (including phenoxy) is 3. The largest absolute Gasteiger partial charge is 0.376 e. The molecule has 0 saturated heterocycles. The first-order valence-electron chi connectivity index (χ1n) is 6.71. The van der Waals surface area contributed by atoms with Gasteiger partial charge >= 0.3 is 0 Å². The van der Waals surface area contributed by atoms with Crippen molar-refractivity contribution in [3.8, 4) is 0 Å². The van der Waals surface area contributed by atoms with Crippen molar-refractivity contribution >= 4 is 20.2 Å². The van der Waals surface area contributed by atoms with Crippen molar-refractivity contribution in [3.63, 3.8) is 0 Å². The van der Waals surface area contributed by atoms with Crippen molar-refractivity contribution in [2.45, 2.75) is 6.10 Å². The van der Waals surface area contributed by atoms with Crippen LogP contribution in [0, 0.1) is 0 Å². The van der Waals surface area contributed by atoms with E-state index in [4.69, 9.17) is 14.2 Å². The summed E-state index contributed by atoms with van der Waals surface area (Å²) in [5, 5.41) is 0. The standard InChI is InChI=1S/C12H24O9S2/c1-4-5-17-10-12(19-7-9-21-23(3,15)16)11-18-6-8-20-22(2,13)14/h4,12H,1,5-11H2,2-3H3.